The number of nitrogens with zero attached hydrogens (tertiary/aromatic N) is 2. The SMILES string of the molecule is CN1[C@@H](C(=O)OC(C)(C)C)C[C@@H]2CCc3c(c4ccccc4n3C(=O)OC(C)(C)C)[C@@H]21. The smallest absolute Gasteiger partial charge is 0.419 e. The van der Waals surface area contributed by atoms with Gasteiger partial charge in [0.2, 0.25) is 0 Å². The van der Waals surface area contributed by atoms with Crippen LogP contribution in [-0.4, -0.2) is 45.8 Å². The van der Waals surface area contributed by atoms with Crippen LogP contribution < -0.4 is 0 Å². The summed E-state index contributed by atoms with van der Waals surface area (Å²) in [6.07, 6.45) is 2.16. The van der Waals surface area contributed by atoms with E-state index in [0.29, 0.717) is 5.92 Å². The fourth-order valence-electron chi connectivity index (χ4n) is 5.19. The van der Waals surface area contributed by atoms with Crippen molar-refractivity contribution in [3.05, 3.63) is 35.5 Å². The largest absolute Gasteiger partial charge is 0.459 e. The Morgan fingerprint density at radius 3 is 2.29 bits per heavy atom. The zero-order valence-electron chi connectivity index (χ0n) is 19.7. The molecule has 0 unspecified atom stereocenters. The second-order valence-electron chi connectivity index (χ2n) is 10.9. The molecule has 0 N–H and O–H groups in total. The lowest BCUT2D eigenvalue weighted by Gasteiger charge is -2.32. The van der Waals surface area contributed by atoms with E-state index in [2.05, 4.69) is 11.0 Å². The molecule has 168 valence electrons. The normalized spacial score (nSPS) is 24.0. The van der Waals surface area contributed by atoms with Crippen molar-refractivity contribution in [2.75, 3.05) is 7.05 Å². The summed E-state index contributed by atoms with van der Waals surface area (Å²) in [7, 11) is 2.01. The van der Waals surface area contributed by atoms with Gasteiger partial charge in [-0.25, -0.2) is 9.36 Å². The number of hydrogen-bond acceptors (Lipinski definition) is 5. The van der Waals surface area contributed by atoms with Crippen LogP contribution in [-0.2, 0) is 20.7 Å². The predicted molar refractivity (Wildman–Crippen MR) is 120 cm³/mol. The van der Waals surface area contributed by atoms with Crippen LogP contribution in [0.4, 0.5) is 4.79 Å². The summed E-state index contributed by atoms with van der Waals surface area (Å²) in [5.74, 6) is 0.190. The van der Waals surface area contributed by atoms with Gasteiger partial charge >= 0.3 is 12.1 Å². The highest BCUT2D eigenvalue weighted by atomic mass is 16.6. The number of hydrogen-bond donors (Lipinski definition) is 0. The zero-order valence-corrected chi connectivity index (χ0v) is 19.7. The van der Waals surface area contributed by atoms with Gasteiger partial charge in [-0.3, -0.25) is 9.69 Å². The van der Waals surface area contributed by atoms with E-state index in [1.54, 1.807) is 4.57 Å². The number of aromatic nitrogens is 1. The van der Waals surface area contributed by atoms with Crippen LogP contribution in [0, 0.1) is 5.92 Å². The highest BCUT2D eigenvalue weighted by Crippen LogP contribution is 2.50. The molecule has 1 aliphatic heterocycles. The van der Waals surface area contributed by atoms with E-state index in [9.17, 15) is 9.59 Å². The van der Waals surface area contributed by atoms with Crippen molar-refractivity contribution in [1.29, 1.82) is 0 Å². The zero-order chi connectivity index (χ0) is 22.7. The van der Waals surface area contributed by atoms with E-state index in [1.165, 1.54) is 0 Å². The second-order valence-corrected chi connectivity index (χ2v) is 10.9. The number of likely N-dealkylation sites (N-methyl/N-ethyl adjacent to an activating group) is 1. The van der Waals surface area contributed by atoms with Crippen molar-refractivity contribution < 1.29 is 19.1 Å². The quantitative estimate of drug-likeness (QED) is 0.596. The van der Waals surface area contributed by atoms with E-state index in [-0.39, 0.29) is 24.1 Å². The number of likely N-dealkylation sites (tertiary alicyclic amines) is 1. The van der Waals surface area contributed by atoms with Crippen LogP contribution >= 0.6 is 0 Å². The number of fused-ring (bicyclic) bond motifs is 5. The number of carbonyl (C=O) groups is 2. The van der Waals surface area contributed by atoms with Crippen LogP contribution in [0.3, 0.4) is 0 Å². The number of ether oxygens (including phenoxy) is 2. The third kappa shape index (κ3) is 3.98. The molecule has 6 heteroatoms. The van der Waals surface area contributed by atoms with Crippen LogP contribution in [0.2, 0.25) is 0 Å². The molecule has 1 saturated heterocycles. The lowest BCUT2D eigenvalue weighted by Crippen LogP contribution is -2.39. The fraction of sp³-hybridized carbons (Fsp3) is 0.600. The highest BCUT2D eigenvalue weighted by molar-refractivity contribution is 5.94. The lowest BCUT2D eigenvalue weighted by atomic mass is 9.82. The molecule has 31 heavy (non-hydrogen) atoms. The Balaban J connectivity index is 1.77. The van der Waals surface area contributed by atoms with Crippen molar-refractivity contribution in [3.8, 4) is 0 Å². The number of rotatable bonds is 1. The van der Waals surface area contributed by atoms with Crippen molar-refractivity contribution in [1.82, 2.24) is 9.47 Å². The molecule has 1 aromatic heterocycles. The first-order valence-corrected chi connectivity index (χ1v) is 11.2. The standard InChI is InChI=1S/C25H34N2O4/c1-24(2,3)30-22(28)19-14-15-12-13-18-20(21(15)26(19)7)16-10-8-9-11-17(16)27(18)23(29)31-25(4,5)6/h8-11,15,19,21H,12-14H2,1-7H3/t15-,19+,21+/m0/s1. The molecular weight excluding hydrogens is 392 g/mol. The van der Waals surface area contributed by atoms with Gasteiger partial charge in [-0.15, -0.1) is 0 Å². The molecule has 2 heterocycles. The minimum Gasteiger partial charge on any atom is -0.459 e. The Morgan fingerprint density at radius 1 is 1.00 bits per heavy atom. The van der Waals surface area contributed by atoms with E-state index < -0.39 is 11.2 Å². The molecule has 2 aliphatic rings. The van der Waals surface area contributed by atoms with Crippen LogP contribution in [0.15, 0.2) is 24.3 Å². The van der Waals surface area contributed by atoms with Gasteiger partial charge in [0.15, 0.2) is 0 Å². The van der Waals surface area contributed by atoms with Crippen LogP contribution in [0.1, 0.15) is 71.7 Å². The fourth-order valence-corrected chi connectivity index (χ4v) is 5.19. The molecule has 0 saturated carbocycles. The molecule has 1 aromatic carbocycles. The maximum Gasteiger partial charge on any atom is 0.419 e. The van der Waals surface area contributed by atoms with Gasteiger partial charge in [-0.1, -0.05) is 18.2 Å². The predicted octanol–water partition coefficient (Wildman–Crippen LogP) is 5.07. The van der Waals surface area contributed by atoms with Gasteiger partial charge in [-0.2, -0.15) is 0 Å². The molecule has 0 bridgehead atoms. The third-order valence-corrected chi connectivity index (χ3v) is 6.22. The van der Waals surface area contributed by atoms with E-state index in [0.717, 1.165) is 41.4 Å². The minimum absolute atomic E-state index is 0.0786. The minimum atomic E-state index is -0.571. The summed E-state index contributed by atoms with van der Waals surface area (Å²) in [6.45, 7) is 11.4. The average Bonchev–Trinajstić information content (AvgIpc) is 3.14. The topological polar surface area (TPSA) is 60.8 Å². The first-order chi connectivity index (χ1) is 14.4. The molecule has 1 fully saturated rings. The second kappa shape index (κ2) is 7.37. The monoisotopic (exact) mass is 426 g/mol. The summed E-state index contributed by atoms with van der Waals surface area (Å²) < 4.78 is 13.2. The van der Waals surface area contributed by atoms with E-state index >= 15 is 0 Å². The number of benzene rings is 1. The molecule has 0 amide bonds. The number of para-hydroxylation sites is 1. The summed E-state index contributed by atoms with van der Waals surface area (Å²) in [5, 5.41) is 1.06. The van der Waals surface area contributed by atoms with Crippen LogP contribution in [0.25, 0.3) is 10.9 Å². The Kier molecular flexibility index (Phi) is 5.20. The first-order valence-electron chi connectivity index (χ1n) is 11.2. The van der Waals surface area contributed by atoms with E-state index in [1.807, 2.05) is 66.8 Å². The maximum atomic E-state index is 13.2. The van der Waals surface area contributed by atoms with Gasteiger partial charge in [0.25, 0.3) is 0 Å². The van der Waals surface area contributed by atoms with Crippen molar-refractivity contribution in [2.45, 2.75) is 84.1 Å². The molecule has 0 spiro atoms. The number of carbonyl (C=O) groups excluding carboxylic acids is 2. The molecule has 0 radical (unpaired) electrons. The van der Waals surface area contributed by atoms with Gasteiger partial charge in [0.05, 0.1) is 5.52 Å². The molecular formula is C25H34N2O4. The van der Waals surface area contributed by atoms with Crippen LogP contribution in [0.5, 0.6) is 0 Å². The number of esters is 1. The Bertz CT molecular complexity index is 1020. The summed E-state index contributed by atoms with van der Waals surface area (Å²) in [6, 6.07) is 7.82. The maximum absolute atomic E-state index is 13.2. The lowest BCUT2D eigenvalue weighted by molar-refractivity contribution is -0.160. The Hall–Kier alpha value is -2.34. The Morgan fingerprint density at radius 2 is 1.65 bits per heavy atom. The van der Waals surface area contributed by atoms with Gasteiger partial charge in [-0.05, 0) is 85.4 Å². The average molecular weight is 427 g/mol. The molecule has 6 nitrogen and oxygen atoms in total. The summed E-state index contributed by atoms with van der Waals surface area (Å²) in [4.78, 5) is 28.2. The van der Waals surface area contributed by atoms with Gasteiger partial charge < -0.3 is 9.47 Å². The molecule has 1 aliphatic carbocycles. The summed E-state index contributed by atoms with van der Waals surface area (Å²) in [5.41, 5.74) is 1.96. The van der Waals surface area contributed by atoms with Crippen molar-refractivity contribution in [2.24, 2.45) is 5.92 Å². The van der Waals surface area contributed by atoms with Crippen molar-refractivity contribution >= 4 is 23.0 Å². The van der Waals surface area contributed by atoms with Crippen molar-refractivity contribution in [3.63, 3.8) is 0 Å². The van der Waals surface area contributed by atoms with Gasteiger partial charge in [0.1, 0.15) is 17.2 Å². The summed E-state index contributed by atoms with van der Waals surface area (Å²) >= 11 is 0. The third-order valence-electron chi connectivity index (χ3n) is 6.22. The molecule has 3 atom stereocenters. The molecule has 4 rings (SSSR count). The van der Waals surface area contributed by atoms with E-state index in [4.69, 9.17) is 9.47 Å². The highest BCUT2D eigenvalue weighted by Gasteiger charge is 2.48. The molecule has 2 aromatic rings. The first kappa shape index (κ1) is 21.9. The Labute approximate surface area is 184 Å². The van der Waals surface area contributed by atoms with Gasteiger partial charge in [0, 0.05) is 17.1 Å².